The highest BCUT2D eigenvalue weighted by Gasteiger charge is 2.14. The Morgan fingerprint density at radius 3 is 3.00 bits per heavy atom. The van der Waals surface area contributed by atoms with Gasteiger partial charge in [0.15, 0.2) is 5.13 Å². The fourth-order valence-electron chi connectivity index (χ4n) is 1.24. The predicted octanol–water partition coefficient (Wildman–Crippen LogP) is 1.96. The second-order valence-electron chi connectivity index (χ2n) is 3.61. The third-order valence-electron chi connectivity index (χ3n) is 2.24. The second kappa shape index (κ2) is 6.10. The molecule has 1 rings (SSSR count). The molecule has 6 heteroatoms. The van der Waals surface area contributed by atoms with E-state index < -0.39 is 5.97 Å². The number of carboxylic acids is 1. The van der Waals surface area contributed by atoms with Crippen LogP contribution in [0.5, 0.6) is 0 Å². The van der Waals surface area contributed by atoms with Crippen LogP contribution in [0.2, 0.25) is 0 Å². The van der Waals surface area contributed by atoms with Crippen LogP contribution in [-0.4, -0.2) is 41.2 Å². The largest absolute Gasteiger partial charge is 0.481 e. The predicted molar refractivity (Wildman–Crippen MR) is 69.7 cm³/mol. The molecule has 0 saturated carbocycles. The lowest BCUT2D eigenvalue weighted by atomic mass is 10.3. The number of anilines is 1. The Hall–Kier alpha value is -0.750. The summed E-state index contributed by atoms with van der Waals surface area (Å²) in [5.41, 5.74) is 0.635. The average molecular weight is 260 g/mol. The van der Waals surface area contributed by atoms with Gasteiger partial charge in [-0.25, -0.2) is 4.98 Å². The lowest BCUT2D eigenvalue weighted by Gasteiger charge is -2.23. The Morgan fingerprint density at radius 1 is 1.75 bits per heavy atom. The monoisotopic (exact) mass is 260 g/mol. The molecule has 0 spiro atoms. The molecule has 1 aromatic heterocycles. The van der Waals surface area contributed by atoms with Crippen molar-refractivity contribution in [1.82, 2.24) is 4.98 Å². The number of aliphatic carboxylic acids is 1. The molecule has 0 aliphatic rings. The van der Waals surface area contributed by atoms with Gasteiger partial charge >= 0.3 is 5.97 Å². The van der Waals surface area contributed by atoms with Gasteiger partial charge in [0.25, 0.3) is 0 Å². The van der Waals surface area contributed by atoms with Crippen LogP contribution in [0, 0.1) is 0 Å². The van der Waals surface area contributed by atoms with E-state index in [2.05, 4.69) is 23.1 Å². The molecule has 1 unspecified atom stereocenters. The van der Waals surface area contributed by atoms with Gasteiger partial charge in [0, 0.05) is 24.2 Å². The molecule has 1 heterocycles. The highest BCUT2D eigenvalue weighted by atomic mass is 32.2. The van der Waals surface area contributed by atoms with Crippen LogP contribution in [0.4, 0.5) is 5.13 Å². The summed E-state index contributed by atoms with van der Waals surface area (Å²) >= 11 is 3.29. The number of aromatic nitrogens is 1. The number of hydrogen-bond acceptors (Lipinski definition) is 5. The topological polar surface area (TPSA) is 53.4 Å². The zero-order chi connectivity index (χ0) is 12.1. The van der Waals surface area contributed by atoms with Gasteiger partial charge in [0.2, 0.25) is 0 Å². The fraction of sp³-hybridized carbons (Fsp3) is 0.600. The van der Waals surface area contributed by atoms with Gasteiger partial charge in [-0.05, 0) is 13.2 Å². The van der Waals surface area contributed by atoms with E-state index in [-0.39, 0.29) is 6.42 Å². The van der Waals surface area contributed by atoms with Crippen molar-refractivity contribution in [3.63, 3.8) is 0 Å². The van der Waals surface area contributed by atoms with Gasteiger partial charge in [-0.2, -0.15) is 11.8 Å². The second-order valence-corrected chi connectivity index (χ2v) is 5.35. The molecule has 0 bridgehead atoms. The van der Waals surface area contributed by atoms with E-state index in [4.69, 9.17) is 5.11 Å². The van der Waals surface area contributed by atoms with E-state index in [9.17, 15) is 4.79 Å². The lowest BCUT2D eigenvalue weighted by molar-refractivity contribution is -0.136. The molecule has 1 N–H and O–H groups in total. The van der Waals surface area contributed by atoms with E-state index in [1.807, 2.05) is 12.4 Å². The molecular weight excluding hydrogens is 244 g/mol. The quantitative estimate of drug-likeness (QED) is 0.847. The number of carboxylic acid groups (broad SMARTS) is 1. The van der Waals surface area contributed by atoms with Crippen LogP contribution in [0.1, 0.15) is 12.6 Å². The Labute approximate surface area is 104 Å². The van der Waals surface area contributed by atoms with Gasteiger partial charge < -0.3 is 10.0 Å². The highest BCUT2D eigenvalue weighted by molar-refractivity contribution is 7.98. The first-order valence-electron chi connectivity index (χ1n) is 4.92. The first-order chi connectivity index (χ1) is 7.54. The zero-order valence-electron chi connectivity index (χ0n) is 9.64. The van der Waals surface area contributed by atoms with Crippen LogP contribution in [0.15, 0.2) is 5.38 Å². The molecule has 1 atom stereocenters. The molecule has 0 aromatic carbocycles. The van der Waals surface area contributed by atoms with Crippen molar-refractivity contribution >= 4 is 34.2 Å². The molecular formula is C10H16N2O2S2. The summed E-state index contributed by atoms with van der Waals surface area (Å²) in [6.45, 7) is 2.13. The minimum Gasteiger partial charge on any atom is -0.481 e. The SMILES string of the molecule is CSCC(C)N(C)c1nc(CC(=O)O)cs1. The normalized spacial score (nSPS) is 12.4. The molecule has 0 radical (unpaired) electrons. The fourth-order valence-corrected chi connectivity index (χ4v) is 2.84. The average Bonchev–Trinajstić information content (AvgIpc) is 2.64. The minimum absolute atomic E-state index is 0.00124. The first kappa shape index (κ1) is 13.3. The van der Waals surface area contributed by atoms with E-state index in [0.29, 0.717) is 11.7 Å². The number of nitrogens with zero attached hydrogens (tertiary/aromatic N) is 2. The number of carbonyl (C=O) groups is 1. The van der Waals surface area contributed by atoms with Crippen molar-refractivity contribution in [3.8, 4) is 0 Å². The maximum Gasteiger partial charge on any atom is 0.309 e. The van der Waals surface area contributed by atoms with Crippen molar-refractivity contribution in [2.24, 2.45) is 0 Å². The molecule has 0 aliphatic carbocycles. The molecule has 1 aromatic rings. The summed E-state index contributed by atoms with van der Waals surface area (Å²) in [5, 5.41) is 11.4. The Balaban J connectivity index is 2.65. The van der Waals surface area contributed by atoms with Gasteiger partial charge in [0.1, 0.15) is 0 Å². The van der Waals surface area contributed by atoms with Crippen molar-refractivity contribution in [1.29, 1.82) is 0 Å². The van der Waals surface area contributed by atoms with E-state index in [1.54, 1.807) is 11.8 Å². The summed E-state index contributed by atoms with van der Waals surface area (Å²) in [6, 6.07) is 0.402. The third-order valence-corrected chi connectivity index (χ3v) is 4.04. The Kier molecular flexibility index (Phi) is 5.08. The van der Waals surface area contributed by atoms with Gasteiger partial charge in [-0.1, -0.05) is 0 Å². The molecule has 0 saturated heterocycles. The van der Waals surface area contributed by atoms with Gasteiger partial charge in [0.05, 0.1) is 12.1 Å². The smallest absolute Gasteiger partial charge is 0.309 e. The molecule has 0 amide bonds. The van der Waals surface area contributed by atoms with Crippen molar-refractivity contribution in [2.75, 3.05) is 24.0 Å². The summed E-state index contributed by atoms with van der Waals surface area (Å²) in [5.74, 6) is 0.196. The van der Waals surface area contributed by atoms with Gasteiger partial charge in [-0.3, -0.25) is 4.79 Å². The van der Waals surface area contributed by atoms with Crippen molar-refractivity contribution < 1.29 is 9.90 Å². The van der Waals surface area contributed by atoms with E-state index >= 15 is 0 Å². The third kappa shape index (κ3) is 3.68. The highest BCUT2D eigenvalue weighted by Crippen LogP contribution is 2.22. The van der Waals surface area contributed by atoms with Crippen molar-refractivity contribution in [3.05, 3.63) is 11.1 Å². The first-order valence-corrected chi connectivity index (χ1v) is 7.20. The van der Waals surface area contributed by atoms with Crippen LogP contribution in [-0.2, 0) is 11.2 Å². The summed E-state index contributed by atoms with van der Waals surface area (Å²) in [6.07, 6.45) is 2.07. The maximum atomic E-state index is 10.5. The molecule has 0 aliphatic heterocycles. The van der Waals surface area contributed by atoms with Crippen LogP contribution < -0.4 is 4.90 Å². The summed E-state index contributed by atoms with van der Waals surface area (Å²) in [7, 11) is 1.99. The number of rotatable bonds is 6. The van der Waals surface area contributed by atoms with E-state index in [1.165, 1.54) is 11.3 Å². The molecule has 4 nitrogen and oxygen atoms in total. The molecule has 90 valence electrons. The number of thiazole rings is 1. The number of hydrogen-bond donors (Lipinski definition) is 1. The van der Waals surface area contributed by atoms with Crippen LogP contribution in [0.25, 0.3) is 0 Å². The standard InChI is InChI=1S/C10H16N2O2S2/c1-7(5-15-3)12(2)10-11-8(6-16-10)4-9(13)14/h6-7H,4-5H2,1-3H3,(H,13,14). The molecule has 0 fully saturated rings. The zero-order valence-corrected chi connectivity index (χ0v) is 11.3. The summed E-state index contributed by atoms with van der Waals surface area (Å²) < 4.78 is 0. The van der Waals surface area contributed by atoms with E-state index in [0.717, 1.165) is 10.9 Å². The summed E-state index contributed by atoms with van der Waals surface area (Å²) in [4.78, 5) is 16.9. The van der Waals surface area contributed by atoms with Crippen LogP contribution >= 0.6 is 23.1 Å². The lowest BCUT2D eigenvalue weighted by Crippen LogP contribution is -2.30. The van der Waals surface area contributed by atoms with Gasteiger partial charge in [-0.15, -0.1) is 11.3 Å². The minimum atomic E-state index is -0.836. The van der Waals surface area contributed by atoms with Crippen LogP contribution in [0.3, 0.4) is 0 Å². The molecule has 16 heavy (non-hydrogen) atoms. The Morgan fingerprint density at radius 2 is 2.44 bits per heavy atom. The Bertz CT molecular complexity index is 354. The maximum absolute atomic E-state index is 10.5. The van der Waals surface area contributed by atoms with Crippen molar-refractivity contribution in [2.45, 2.75) is 19.4 Å². The number of thioether (sulfide) groups is 1.